The van der Waals surface area contributed by atoms with Gasteiger partial charge >= 0.3 is 0 Å². The molecule has 0 radical (unpaired) electrons. The standard InChI is InChI=1S/C12H14N4O3/c1-6-7(3-17)9(18)2-8(6)16-5-15-11-10(12(16)19)13-4-14-11/h4-5,7-9,17-18H,1-3H2,(H,13,14). The predicted octanol–water partition coefficient (Wildman–Crippen LogP) is -0.410. The monoisotopic (exact) mass is 262 g/mol. The Bertz CT molecular complexity index is 690. The lowest BCUT2D eigenvalue weighted by atomic mass is 10.0. The number of aromatic nitrogens is 4. The molecule has 1 fully saturated rings. The molecule has 0 saturated heterocycles. The molecule has 3 atom stereocenters. The van der Waals surface area contributed by atoms with Gasteiger partial charge in [0, 0.05) is 5.92 Å². The summed E-state index contributed by atoms with van der Waals surface area (Å²) in [5, 5.41) is 19.1. The smallest absolute Gasteiger partial charge is 0.279 e. The highest BCUT2D eigenvalue weighted by atomic mass is 16.3. The van der Waals surface area contributed by atoms with Crippen LogP contribution in [0.3, 0.4) is 0 Å². The van der Waals surface area contributed by atoms with Gasteiger partial charge < -0.3 is 15.2 Å². The number of hydrogen-bond acceptors (Lipinski definition) is 5. The molecule has 19 heavy (non-hydrogen) atoms. The zero-order valence-corrected chi connectivity index (χ0v) is 10.2. The predicted molar refractivity (Wildman–Crippen MR) is 67.5 cm³/mol. The fourth-order valence-electron chi connectivity index (χ4n) is 2.63. The summed E-state index contributed by atoms with van der Waals surface area (Å²) >= 11 is 0. The molecular formula is C12H14N4O3. The zero-order valence-electron chi connectivity index (χ0n) is 10.2. The number of imidazole rings is 1. The molecule has 0 spiro atoms. The van der Waals surface area contributed by atoms with Crippen molar-refractivity contribution in [1.82, 2.24) is 19.5 Å². The molecule has 2 aromatic rings. The molecule has 3 N–H and O–H groups in total. The highest BCUT2D eigenvalue weighted by Crippen LogP contribution is 2.38. The van der Waals surface area contributed by atoms with Crippen LogP contribution in [0.1, 0.15) is 12.5 Å². The van der Waals surface area contributed by atoms with E-state index in [2.05, 4.69) is 21.5 Å². The minimum absolute atomic E-state index is 0.176. The molecule has 3 unspecified atom stereocenters. The quantitative estimate of drug-likeness (QED) is 0.638. The van der Waals surface area contributed by atoms with E-state index in [9.17, 15) is 15.0 Å². The zero-order chi connectivity index (χ0) is 13.6. The average molecular weight is 262 g/mol. The van der Waals surface area contributed by atoms with E-state index >= 15 is 0 Å². The third-order valence-corrected chi connectivity index (χ3v) is 3.74. The molecule has 0 amide bonds. The Morgan fingerprint density at radius 3 is 3.00 bits per heavy atom. The molecular weight excluding hydrogens is 248 g/mol. The van der Waals surface area contributed by atoms with Gasteiger partial charge in [-0.1, -0.05) is 6.58 Å². The Morgan fingerprint density at radius 1 is 1.53 bits per heavy atom. The topological polar surface area (TPSA) is 104 Å². The van der Waals surface area contributed by atoms with Gasteiger partial charge in [0.1, 0.15) is 6.33 Å². The van der Waals surface area contributed by atoms with Gasteiger partial charge in [-0.3, -0.25) is 9.36 Å². The summed E-state index contributed by atoms with van der Waals surface area (Å²) in [5.74, 6) is -0.394. The van der Waals surface area contributed by atoms with Crippen LogP contribution in [0.4, 0.5) is 0 Å². The van der Waals surface area contributed by atoms with E-state index in [1.165, 1.54) is 17.2 Å². The number of rotatable bonds is 2. The number of aliphatic hydroxyl groups excluding tert-OH is 2. The fraction of sp³-hybridized carbons (Fsp3) is 0.417. The van der Waals surface area contributed by atoms with Crippen molar-refractivity contribution in [2.24, 2.45) is 5.92 Å². The van der Waals surface area contributed by atoms with Crippen LogP contribution in [0.2, 0.25) is 0 Å². The second-order valence-electron chi connectivity index (χ2n) is 4.74. The van der Waals surface area contributed by atoms with Crippen LogP contribution < -0.4 is 5.56 Å². The second-order valence-corrected chi connectivity index (χ2v) is 4.74. The molecule has 7 nitrogen and oxygen atoms in total. The number of fused-ring (bicyclic) bond motifs is 1. The van der Waals surface area contributed by atoms with Crippen LogP contribution in [0.5, 0.6) is 0 Å². The maximum atomic E-state index is 12.3. The van der Waals surface area contributed by atoms with Crippen molar-refractivity contribution < 1.29 is 10.2 Å². The van der Waals surface area contributed by atoms with Gasteiger partial charge in [-0.25, -0.2) is 9.97 Å². The molecule has 100 valence electrons. The summed E-state index contributed by atoms with van der Waals surface area (Å²) in [5.41, 5.74) is 1.10. The SMILES string of the molecule is C=C1C(CO)C(O)CC1n1cnc2nc[nH]c2c1=O. The summed E-state index contributed by atoms with van der Waals surface area (Å²) in [6.07, 6.45) is 2.49. The van der Waals surface area contributed by atoms with Crippen molar-refractivity contribution in [3.63, 3.8) is 0 Å². The first-order valence-electron chi connectivity index (χ1n) is 6.01. The maximum absolute atomic E-state index is 12.3. The van der Waals surface area contributed by atoms with E-state index in [4.69, 9.17) is 0 Å². The summed E-state index contributed by atoms with van der Waals surface area (Å²) in [6.45, 7) is 3.71. The highest BCUT2D eigenvalue weighted by molar-refractivity contribution is 5.67. The fourth-order valence-corrected chi connectivity index (χ4v) is 2.63. The molecule has 0 bridgehead atoms. The van der Waals surface area contributed by atoms with Gasteiger partial charge in [-0.15, -0.1) is 0 Å². The van der Waals surface area contributed by atoms with Crippen LogP contribution in [0.15, 0.2) is 29.6 Å². The van der Waals surface area contributed by atoms with Gasteiger partial charge in [0.15, 0.2) is 11.2 Å². The summed E-state index contributed by atoms with van der Waals surface area (Å²) in [4.78, 5) is 23.1. The molecule has 3 rings (SSSR count). The molecule has 1 aliphatic rings. The number of H-pyrrole nitrogens is 1. The summed E-state index contributed by atoms with van der Waals surface area (Å²) in [7, 11) is 0. The highest BCUT2D eigenvalue weighted by Gasteiger charge is 2.37. The molecule has 1 saturated carbocycles. The van der Waals surface area contributed by atoms with Gasteiger partial charge in [0.25, 0.3) is 5.56 Å². The first-order chi connectivity index (χ1) is 9.13. The second kappa shape index (κ2) is 4.29. The van der Waals surface area contributed by atoms with E-state index in [-0.39, 0.29) is 18.2 Å². The van der Waals surface area contributed by atoms with Gasteiger partial charge in [0.05, 0.1) is 25.1 Å². The number of nitrogens with zero attached hydrogens (tertiary/aromatic N) is 3. The van der Waals surface area contributed by atoms with Crippen LogP contribution in [0.25, 0.3) is 11.2 Å². The normalized spacial score (nSPS) is 27.3. The van der Waals surface area contributed by atoms with Crippen molar-refractivity contribution in [2.45, 2.75) is 18.6 Å². The van der Waals surface area contributed by atoms with E-state index < -0.39 is 12.0 Å². The first-order valence-corrected chi connectivity index (χ1v) is 6.01. The van der Waals surface area contributed by atoms with Crippen molar-refractivity contribution in [1.29, 1.82) is 0 Å². The van der Waals surface area contributed by atoms with Crippen LogP contribution >= 0.6 is 0 Å². The Labute approximate surface area is 108 Å². The van der Waals surface area contributed by atoms with Gasteiger partial charge in [-0.05, 0) is 12.0 Å². The number of hydrogen-bond donors (Lipinski definition) is 3. The molecule has 7 heteroatoms. The van der Waals surface area contributed by atoms with E-state index in [1.807, 2.05) is 0 Å². The van der Waals surface area contributed by atoms with Crippen LogP contribution in [-0.2, 0) is 0 Å². The third-order valence-electron chi connectivity index (χ3n) is 3.74. The van der Waals surface area contributed by atoms with E-state index in [0.29, 0.717) is 23.2 Å². The Balaban J connectivity index is 2.08. The van der Waals surface area contributed by atoms with Crippen molar-refractivity contribution in [2.75, 3.05) is 6.61 Å². The third kappa shape index (κ3) is 1.70. The van der Waals surface area contributed by atoms with Crippen LogP contribution in [-0.4, -0.2) is 42.4 Å². The lowest BCUT2D eigenvalue weighted by Crippen LogP contribution is -2.25. The summed E-state index contributed by atoms with van der Waals surface area (Å²) in [6, 6.07) is -0.347. The number of nitrogens with one attached hydrogen (secondary N) is 1. The maximum Gasteiger partial charge on any atom is 0.279 e. The largest absolute Gasteiger partial charge is 0.396 e. The summed E-state index contributed by atoms with van der Waals surface area (Å²) < 4.78 is 1.43. The van der Waals surface area contributed by atoms with Gasteiger partial charge in [-0.2, -0.15) is 0 Å². The van der Waals surface area contributed by atoms with E-state index in [1.54, 1.807) is 0 Å². The van der Waals surface area contributed by atoms with Crippen LogP contribution in [0, 0.1) is 5.92 Å². The lowest BCUT2D eigenvalue weighted by Gasteiger charge is -2.15. The Kier molecular flexibility index (Phi) is 2.72. The lowest BCUT2D eigenvalue weighted by molar-refractivity contribution is 0.101. The minimum Gasteiger partial charge on any atom is -0.396 e. The molecule has 2 aromatic heterocycles. The minimum atomic E-state index is -0.688. The molecule has 2 heterocycles. The molecule has 0 aliphatic heterocycles. The Hall–Kier alpha value is -1.99. The van der Waals surface area contributed by atoms with E-state index in [0.717, 1.165) is 0 Å². The van der Waals surface area contributed by atoms with Crippen molar-refractivity contribution in [3.8, 4) is 0 Å². The van der Waals surface area contributed by atoms with Gasteiger partial charge in [0.2, 0.25) is 0 Å². The Morgan fingerprint density at radius 2 is 2.32 bits per heavy atom. The average Bonchev–Trinajstić information content (AvgIpc) is 2.96. The molecule has 1 aliphatic carbocycles. The number of aliphatic hydroxyl groups is 2. The first kappa shape index (κ1) is 12.1. The number of aromatic amines is 1. The molecule has 0 aromatic carbocycles. The van der Waals surface area contributed by atoms with Crippen molar-refractivity contribution in [3.05, 3.63) is 35.2 Å². The van der Waals surface area contributed by atoms with Crippen molar-refractivity contribution >= 4 is 11.2 Å².